The third kappa shape index (κ3) is 3.39. The molecule has 0 aliphatic carbocycles. The Morgan fingerprint density at radius 1 is 0.938 bits per heavy atom. The van der Waals surface area contributed by atoms with Gasteiger partial charge in [0.15, 0.2) is 4.90 Å². The molecule has 0 unspecified atom stereocenters. The highest BCUT2D eigenvalue weighted by Crippen LogP contribution is 2.43. The molecule has 32 heavy (non-hydrogen) atoms. The third-order valence-electron chi connectivity index (χ3n) is 6.62. The van der Waals surface area contributed by atoms with Crippen molar-refractivity contribution in [2.75, 3.05) is 24.5 Å². The number of para-hydroxylation sites is 3. The van der Waals surface area contributed by atoms with Gasteiger partial charge in [-0.2, -0.15) is 4.31 Å². The van der Waals surface area contributed by atoms with E-state index in [2.05, 4.69) is 9.88 Å². The summed E-state index contributed by atoms with van der Waals surface area (Å²) in [5.74, 6) is 0.782. The van der Waals surface area contributed by atoms with E-state index in [1.807, 2.05) is 24.3 Å². The highest BCUT2D eigenvalue weighted by atomic mass is 32.2. The second kappa shape index (κ2) is 7.79. The molecular formula is C22H23N5O4S. The normalized spacial score (nSPS) is 18.9. The molecule has 0 amide bonds. The van der Waals surface area contributed by atoms with Gasteiger partial charge < -0.3 is 4.90 Å². The predicted molar refractivity (Wildman–Crippen MR) is 120 cm³/mol. The molecule has 1 aromatic heterocycles. The molecule has 3 aromatic rings. The Morgan fingerprint density at radius 2 is 1.62 bits per heavy atom. The van der Waals surface area contributed by atoms with Gasteiger partial charge >= 0.3 is 0 Å². The van der Waals surface area contributed by atoms with Gasteiger partial charge in [-0.1, -0.05) is 24.3 Å². The van der Waals surface area contributed by atoms with Crippen LogP contribution < -0.4 is 4.90 Å². The summed E-state index contributed by atoms with van der Waals surface area (Å²) in [6, 6.07) is 13.3. The maximum Gasteiger partial charge on any atom is 0.289 e. The van der Waals surface area contributed by atoms with Crippen LogP contribution in [0.15, 0.2) is 59.6 Å². The molecule has 3 heterocycles. The van der Waals surface area contributed by atoms with Crippen molar-refractivity contribution in [3.63, 3.8) is 0 Å². The van der Waals surface area contributed by atoms with E-state index in [1.54, 1.807) is 6.20 Å². The summed E-state index contributed by atoms with van der Waals surface area (Å²) >= 11 is 0. The van der Waals surface area contributed by atoms with Gasteiger partial charge in [0.1, 0.15) is 5.82 Å². The summed E-state index contributed by atoms with van der Waals surface area (Å²) in [4.78, 5) is 21.9. The lowest BCUT2D eigenvalue weighted by atomic mass is 9.86. The van der Waals surface area contributed by atoms with Crippen molar-refractivity contribution in [2.24, 2.45) is 0 Å². The summed E-state index contributed by atoms with van der Waals surface area (Å²) in [5, 5.41) is 11.4. The number of piperidine rings is 1. The van der Waals surface area contributed by atoms with E-state index in [1.165, 1.54) is 28.6 Å². The Kier molecular flexibility index (Phi) is 5.06. The fourth-order valence-corrected chi connectivity index (χ4v) is 7.03. The number of benzene rings is 2. The quantitative estimate of drug-likeness (QED) is 0.440. The van der Waals surface area contributed by atoms with Gasteiger partial charge in [0, 0.05) is 31.2 Å². The molecule has 5 rings (SSSR count). The van der Waals surface area contributed by atoms with Crippen molar-refractivity contribution in [1.29, 1.82) is 0 Å². The SMILES string of the molecule is O=[N+]([O-])c1ccccc1S(=O)(=O)N1CCCC12CCN(c1cnc3ccccc3n1)CC2. The zero-order valence-electron chi connectivity index (χ0n) is 17.4. The molecule has 2 aliphatic heterocycles. The van der Waals surface area contributed by atoms with E-state index in [0.29, 0.717) is 32.5 Å². The van der Waals surface area contributed by atoms with Crippen LogP contribution >= 0.6 is 0 Å². The van der Waals surface area contributed by atoms with Crippen molar-refractivity contribution >= 4 is 32.6 Å². The summed E-state index contributed by atoms with van der Waals surface area (Å²) < 4.78 is 28.6. The average molecular weight is 454 g/mol. The van der Waals surface area contributed by atoms with Gasteiger partial charge in [0.2, 0.25) is 10.0 Å². The highest BCUT2D eigenvalue weighted by Gasteiger charge is 2.50. The first-order valence-electron chi connectivity index (χ1n) is 10.6. The number of fused-ring (bicyclic) bond motifs is 1. The van der Waals surface area contributed by atoms with Crippen LogP contribution in [0.5, 0.6) is 0 Å². The van der Waals surface area contributed by atoms with E-state index >= 15 is 0 Å². The molecule has 10 heteroatoms. The summed E-state index contributed by atoms with van der Waals surface area (Å²) in [6.45, 7) is 1.68. The Balaban J connectivity index is 1.41. The number of hydrogen-bond donors (Lipinski definition) is 0. The minimum Gasteiger partial charge on any atom is -0.355 e. The fourth-order valence-electron chi connectivity index (χ4n) is 4.98. The largest absolute Gasteiger partial charge is 0.355 e. The average Bonchev–Trinajstić information content (AvgIpc) is 3.23. The Hall–Kier alpha value is -3.11. The second-order valence-corrected chi connectivity index (χ2v) is 10.2. The van der Waals surface area contributed by atoms with Gasteiger partial charge in [-0.3, -0.25) is 15.1 Å². The second-order valence-electron chi connectivity index (χ2n) is 8.33. The molecule has 0 saturated carbocycles. The molecule has 0 radical (unpaired) electrons. The first-order valence-corrected chi connectivity index (χ1v) is 12.1. The summed E-state index contributed by atoms with van der Waals surface area (Å²) in [6.07, 6.45) is 4.54. The van der Waals surface area contributed by atoms with Crippen LogP contribution in [0.2, 0.25) is 0 Å². The lowest BCUT2D eigenvalue weighted by molar-refractivity contribution is -0.387. The Labute approximate surface area is 185 Å². The smallest absolute Gasteiger partial charge is 0.289 e. The van der Waals surface area contributed by atoms with Crippen LogP contribution in [0, 0.1) is 10.1 Å². The predicted octanol–water partition coefficient (Wildman–Crippen LogP) is 3.36. The molecule has 0 N–H and O–H groups in total. The molecule has 0 atom stereocenters. The number of nitro benzene ring substituents is 1. The lowest BCUT2D eigenvalue weighted by Crippen LogP contribution is -2.54. The molecule has 2 fully saturated rings. The molecule has 166 valence electrons. The molecular weight excluding hydrogens is 430 g/mol. The van der Waals surface area contributed by atoms with Crippen molar-refractivity contribution in [1.82, 2.24) is 14.3 Å². The maximum atomic E-state index is 13.5. The van der Waals surface area contributed by atoms with Gasteiger partial charge in [0.25, 0.3) is 5.69 Å². The van der Waals surface area contributed by atoms with Gasteiger partial charge in [-0.25, -0.2) is 13.4 Å². The van der Waals surface area contributed by atoms with E-state index in [-0.39, 0.29) is 10.6 Å². The van der Waals surface area contributed by atoms with Crippen molar-refractivity contribution in [3.8, 4) is 0 Å². The maximum absolute atomic E-state index is 13.5. The van der Waals surface area contributed by atoms with Gasteiger partial charge in [-0.15, -0.1) is 0 Å². The number of nitrogens with zero attached hydrogens (tertiary/aromatic N) is 5. The number of hydrogen-bond acceptors (Lipinski definition) is 7. The van der Waals surface area contributed by atoms with Crippen LogP contribution in [0.3, 0.4) is 0 Å². The lowest BCUT2D eigenvalue weighted by Gasteiger charge is -2.44. The van der Waals surface area contributed by atoms with E-state index in [9.17, 15) is 18.5 Å². The fraction of sp³-hybridized carbons (Fsp3) is 0.364. The summed E-state index contributed by atoms with van der Waals surface area (Å²) in [5.41, 5.74) is 0.760. The first-order chi connectivity index (χ1) is 15.4. The highest BCUT2D eigenvalue weighted by molar-refractivity contribution is 7.89. The number of rotatable bonds is 4. The summed E-state index contributed by atoms with van der Waals surface area (Å²) in [7, 11) is -3.99. The number of nitro groups is 1. The third-order valence-corrected chi connectivity index (χ3v) is 8.67. The monoisotopic (exact) mass is 453 g/mol. The van der Waals surface area contributed by atoms with Gasteiger partial charge in [-0.05, 0) is 43.9 Å². The van der Waals surface area contributed by atoms with Crippen LogP contribution in [0.4, 0.5) is 11.5 Å². The Bertz CT molecular complexity index is 1290. The van der Waals surface area contributed by atoms with Crippen molar-refractivity contribution in [3.05, 3.63) is 64.8 Å². The van der Waals surface area contributed by atoms with Crippen molar-refractivity contribution < 1.29 is 13.3 Å². The van der Waals surface area contributed by atoms with Crippen LogP contribution in [-0.4, -0.2) is 52.8 Å². The molecule has 1 spiro atoms. The molecule has 2 aromatic carbocycles. The molecule has 0 bridgehead atoms. The zero-order chi connectivity index (χ0) is 22.3. The molecule has 9 nitrogen and oxygen atoms in total. The zero-order valence-corrected chi connectivity index (χ0v) is 18.2. The van der Waals surface area contributed by atoms with E-state index < -0.39 is 20.5 Å². The number of aromatic nitrogens is 2. The first kappa shape index (κ1) is 20.8. The topological polar surface area (TPSA) is 110 Å². The minimum atomic E-state index is -3.99. The van der Waals surface area contributed by atoms with E-state index in [4.69, 9.17) is 4.98 Å². The van der Waals surface area contributed by atoms with E-state index in [0.717, 1.165) is 29.7 Å². The Morgan fingerprint density at radius 3 is 2.38 bits per heavy atom. The number of sulfonamides is 1. The molecule has 2 saturated heterocycles. The van der Waals surface area contributed by atoms with Crippen LogP contribution in [0.1, 0.15) is 25.7 Å². The van der Waals surface area contributed by atoms with Crippen LogP contribution in [-0.2, 0) is 10.0 Å². The minimum absolute atomic E-state index is 0.228. The van der Waals surface area contributed by atoms with Crippen molar-refractivity contribution in [2.45, 2.75) is 36.1 Å². The van der Waals surface area contributed by atoms with Crippen LogP contribution in [0.25, 0.3) is 11.0 Å². The number of anilines is 1. The standard InChI is InChI=1S/C22H23N5O4S/c28-27(29)19-8-3-4-9-20(19)32(30,31)26-13-5-10-22(26)11-14-25(15-12-22)21-16-23-17-6-1-2-7-18(17)24-21/h1-4,6-9,16H,5,10-15H2. The molecule has 2 aliphatic rings. The van der Waals surface area contributed by atoms with Gasteiger partial charge in [0.05, 0.1) is 22.2 Å².